The Bertz CT molecular complexity index is 899. The monoisotopic (exact) mass is 339 g/mol. The molecular weight excluding hydrogens is 321 g/mol. The van der Waals surface area contributed by atoms with Gasteiger partial charge in [-0.15, -0.1) is 0 Å². The van der Waals surface area contributed by atoms with Crippen LogP contribution in [0.2, 0.25) is 0 Å². The van der Waals surface area contributed by atoms with Gasteiger partial charge in [-0.05, 0) is 37.1 Å². The number of rotatable bonds is 6. The number of carbonyl (C=O) groups is 2. The van der Waals surface area contributed by atoms with Gasteiger partial charge in [0.1, 0.15) is 5.82 Å². The summed E-state index contributed by atoms with van der Waals surface area (Å²) in [5.41, 5.74) is 2.21. The summed E-state index contributed by atoms with van der Waals surface area (Å²) >= 11 is 0. The zero-order chi connectivity index (χ0) is 17.8. The zero-order valence-corrected chi connectivity index (χ0v) is 13.8. The van der Waals surface area contributed by atoms with Crippen LogP contribution in [0.3, 0.4) is 0 Å². The Kier molecular flexibility index (Phi) is 4.93. The van der Waals surface area contributed by atoms with Crippen molar-refractivity contribution in [1.29, 1.82) is 0 Å². The van der Waals surface area contributed by atoms with Crippen molar-refractivity contribution in [2.24, 2.45) is 0 Å². The second-order valence-electron chi connectivity index (χ2n) is 5.87. The van der Waals surface area contributed by atoms with Crippen LogP contribution in [0.25, 0.3) is 10.9 Å². The summed E-state index contributed by atoms with van der Waals surface area (Å²) < 4.78 is 18.1. The molecule has 0 amide bonds. The number of aromatic amines is 1. The number of ether oxygens (including phenoxy) is 1. The number of para-hydroxylation sites is 1. The number of aromatic nitrogens is 1. The topological polar surface area (TPSA) is 59.2 Å². The van der Waals surface area contributed by atoms with Crippen LogP contribution in [-0.2, 0) is 16.0 Å². The highest BCUT2D eigenvalue weighted by Gasteiger charge is 2.22. The minimum absolute atomic E-state index is 0.136. The number of Topliss-reactive ketones (excluding diaryl/α,β-unsaturated/α-hetero) is 1. The largest absolute Gasteiger partial charge is 0.454 e. The van der Waals surface area contributed by atoms with Gasteiger partial charge >= 0.3 is 5.97 Å². The smallest absolute Gasteiger partial charge is 0.306 e. The van der Waals surface area contributed by atoms with Gasteiger partial charge in [-0.2, -0.15) is 0 Å². The highest BCUT2D eigenvalue weighted by atomic mass is 19.1. The van der Waals surface area contributed by atoms with Gasteiger partial charge in [-0.25, -0.2) is 4.39 Å². The molecule has 0 spiro atoms. The minimum atomic E-state index is -0.861. The number of nitrogens with one attached hydrogen (secondary N) is 1. The van der Waals surface area contributed by atoms with Crippen LogP contribution >= 0.6 is 0 Å². The van der Waals surface area contributed by atoms with E-state index in [0.717, 1.165) is 16.5 Å². The molecule has 25 heavy (non-hydrogen) atoms. The Labute approximate surface area is 144 Å². The van der Waals surface area contributed by atoms with Crippen molar-refractivity contribution < 1.29 is 18.7 Å². The molecule has 3 rings (SSSR count). The summed E-state index contributed by atoms with van der Waals surface area (Å²) in [6, 6.07) is 13.4. The number of hydrogen-bond donors (Lipinski definition) is 1. The molecule has 1 atom stereocenters. The Morgan fingerprint density at radius 1 is 1.12 bits per heavy atom. The number of carbonyl (C=O) groups excluding carboxylic acids is 2. The summed E-state index contributed by atoms with van der Waals surface area (Å²) in [6.45, 7) is 1.57. The van der Waals surface area contributed by atoms with Crippen LogP contribution < -0.4 is 0 Å². The average molecular weight is 339 g/mol. The Morgan fingerprint density at radius 2 is 1.84 bits per heavy atom. The van der Waals surface area contributed by atoms with E-state index < -0.39 is 12.1 Å². The molecule has 0 bridgehead atoms. The first kappa shape index (κ1) is 16.9. The second-order valence-corrected chi connectivity index (χ2v) is 5.87. The normalized spacial score (nSPS) is 12.1. The maximum Gasteiger partial charge on any atom is 0.306 e. The molecular formula is C20H18FNO3. The fraction of sp³-hybridized carbons (Fsp3) is 0.200. The number of esters is 1. The predicted molar refractivity (Wildman–Crippen MR) is 92.9 cm³/mol. The molecule has 0 fully saturated rings. The van der Waals surface area contributed by atoms with Crippen molar-refractivity contribution in [3.63, 3.8) is 0 Å². The van der Waals surface area contributed by atoms with Gasteiger partial charge < -0.3 is 9.72 Å². The molecule has 1 N–H and O–H groups in total. The molecule has 0 aliphatic rings. The van der Waals surface area contributed by atoms with E-state index in [1.165, 1.54) is 12.1 Å². The fourth-order valence-corrected chi connectivity index (χ4v) is 2.70. The molecule has 1 aromatic heterocycles. The fourth-order valence-electron chi connectivity index (χ4n) is 2.70. The molecule has 0 aliphatic heterocycles. The molecule has 0 radical (unpaired) electrons. The van der Waals surface area contributed by atoms with Crippen LogP contribution in [0.1, 0.15) is 29.3 Å². The van der Waals surface area contributed by atoms with E-state index in [0.29, 0.717) is 12.0 Å². The standard InChI is InChI=1S/C20H18FNO3/c1-13(20(24)17-12-22-18-5-3-2-4-16(17)18)25-19(23)11-8-14-6-9-15(21)10-7-14/h2-7,9-10,12-13,22H,8,11H2,1H3/t13-/m0/s1. The lowest BCUT2D eigenvalue weighted by atomic mass is 10.1. The van der Waals surface area contributed by atoms with Crippen molar-refractivity contribution >= 4 is 22.7 Å². The van der Waals surface area contributed by atoms with E-state index in [9.17, 15) is 14.0 Å². The predicted octanol–water partition coefficient (Wildman–Crippen LogP) is 4.05. The third-order valence-electron chi connectivity index (χ3n) is 4.06. The number of benzene rings is 2. The van der Waals surface area contributed by atoms with Crippen molar-refractivity contribution in [3.8, 4) is 0 Å². The van der Waals surface area contributed by atoms with E-state index in [1.54, 1.807) is 25.3 Å². The van der Waals surface area contributed by atoms with Gasteiger partial charge in [0.05, 0.1) is 0 Å². The highest BCUT2D eigenvalue weighted by molar-refractivity contribution is 6.10. The van der Waals surface area contributed by atoms with Crippen LogP contribution in [0.4, 0.5) is 4.39 Å². The lowest BCUT2D eigenvalue weighted by molar-refractivity contribution is -0.146. The lowest BCUT2D eigenvalue weighted by Crippen LogP contribution is -2.24. The third kappa shape index (κ3) is 3.94. The van der Waals surface area contributed by atoms with E-state index >= 15 is 0 Å². The number of hydrogen-bond acceptors (Lipinski definition) is 3. The molecule has 5 heteroatoms. The Balaban J connectivity index is 1.59. The van der Waals surface area contributed by atoms with E-state index in [1.807, 2.05) is 24.3 Å². The van der Waals surface area contributed by atoms with Crippen LogP contribution in [0.5, 0.6) is 0 Å². The first-order chi connectivity index (χ1) is 12.0. The zero-order valence-electron chi connectivity index (χ0n) is 13.8. The quantitative estimate of drug-likeness (QED) is 0.544. The Morgan fingerprint density at radius 3 is 2.60 bits per heavy atom. The van der Waals surface area contributed by atoms with E-state index in [4.69, 9.17) is 4.74 Å². The van der Waals surface area contributed by atoms with Crippen LogP contribution in [0.15, 0.2) is 54.7 Å². The van der Waals surface area contributed by atoms with Crippen molar-refractivity contribution in [2.45, 2.75) is 25.9 Å². The van der Waals surface area contributed by atoms with Crippen LogP contribution in [0, 0.1) is 5.82 Å². The number of ketones is 1. The first-order valence-electron chi connectivity index (χ1n) is 8.09. The molecule has 128 valence electrons. The average Bonchev–Trinajstić information content (AvgIpc) is 3.04. The summed E-state index contributed by atoms with van der Waals surface area (Å²) in [7, 11) is 0. The molecule has 0 saturated heterocycles. The molecule has 3 aromatic rings. The number of fused-ring (bicyclic) bond motifs is 1. The summed E-state index contributed by atoms with van der Waals surface area (Å²) in [6.07, 6.45) is 1.35. The van der Waals surface area contributed by atoms with Gasteiger partial charge in [0.25, 0.3) is 0 Å². The summed E-state index contributed by atoms with van der Waals surface area (Å²) in [5, 5.41) is 0.807. The van der Waals surface area contributed by atoms with E-state index in [-0.39, 0.29) is 18.0 Å². The maximum atomic E-state index is 12.9. The molecule has 0 unspecified atom stereocenters. The second kappa shape index (κ2) is 7.30. The summed E-state index contributed by atoms with van der Waals surface area (Å²) in [5.74, 6) is -1.01. The first-order valence-corrected chi connectivity index (χ1v) is 8.09. The SMILES string of the molecule is C[C@H](OC(=O)CCc1ccc(F)cc1)C(=O)c1c[nH]c2ccccc12. The van der Waals surface area contributed by atoms with Gasteiger partial charge in [-0.1, -0.05) is 30.3 Å². The highest BCUT2D eigenvalue weighted by Crippen LogP contribution is 2.20. The maximum absolute atomic E-state index is 12.9. The molecule has 2 aromatic carbocycles. The molecule has 0 aliphatic carbocycles. The lowest BCUT2D eigenvalue weighted by Gasteiger charge is -2.12. The molecule has 1 heterocycles. The van der Waals surface area contributed by atoms with Gasteiger partial charge in [0.15, 0.2) is 6.10 Å². The van der Waals surface area contributed by atoms with Gasteiger partial charge in [0, 0.05) is 29.1 Å². The number of aryl methyl sites for hydroxylation is 1. The van der Waals surface area contributed by atoms with E-state index in [2.05, 4.69) is 4.98 Å². The number of H-pyrrole nitrogens is 1. The van der Waals surface area contributed by atoms with Crippen molar-refractivity contribution in [2.75, 3.05) is 0 Å². The Hall–Kier alpha value is -2.95. The number of halogens is 1. The summed E-state index contributed by atoms with van der Waals surface area (Å²) in [4.78, 5) is 27.5. The minimum Gasteiger partial charge on any atom is -0.454 e. The van der Waals surface area contributed by atoms with Crippen LogP contribution in [-0.4, -0.2) is 22.8 Å². The van der Waals surface area contributed by atoms with Gasteiger partial charge in [0.2, 0.25) is 5.78 Å². The molecule has 0 saturated carbocycles. The molecule has 4 nitrogen and oxygen atoms in total. The third-order valence-corrected chi connectivity index (χ3v) is 4.06. The van der Waals surface area contributed by atoms with Crippen molar-refractivity contribution in [3.05, 3.63) is 71.7 Å². The van der Waals surface area contributed by atoms with Crippen molar-refractivity contribution in [1.82, 2.24) is 4.98 Å². The van der Waals surface area contributed by atoms with Gasteiger partial charge in [-0.3, -0.25) is 9.59 Å².